The van der Waals surface area contributed by atoms with E-state index in [2.05, 4.69) is 20.9 Å². The third kappa shape index (κ3) is 5.35. The quantitative estimate of drug-likeness (QED) is 0.594. The van der Waals surface area contributed by atoms with Gasteiger partial charge in [-0.1, -0.05) is 0 Å². The molecule has 0 aliphatic heterocycles. The molecule has 1 aromatic heterocycles. The number of carbonyl (C=O) groups is 2. The third-order valence-electron chi connectivity index (χ3n) is 2.64. The van der Waals surface area contributed by atoms with Gasteiger partial charge in [0.2, 0.25) is 5.91 Å². The summed E-state index contributed by atoms with van der Waals surface area (Å²) < 4.78 is 18.6. The first-order valence-electron chi connectivity index (χ1n) is 6.46. The summed E-state index contributed by atoms with van der Waals surface area (Å²) in [6.45, 7) is 0.954. The molecule has 1 heterocycles. The predicted molar refractivity (Wildman–Crippen MR) is 75.6 cm³/mol. The molecule has 0 saturated carbocycles. The van der Waals surface area contributed by atoms with Crippen molar-refractivity contribution in [3.8, 4) is 0 Å². The number of amides is 2. The number of nitrogens with zero attached hydrogens (tertiary/aromatic N) is 1. The standard InChI is InChI=1S/C13H19FN4O3/c1-15-12-11(14)9(3-5-17-12)13(20)18-6-4-10(19)16-7-8-21-2/h3,5H,4,6-8H2,1-2H3,(H,15,17)(H,16,19)(H,18,20). The van der Waals surface area contributed by atoms with Crippen LogP contribution in [0.2, 0.25) is 0 Å². The zero-order valence-corrected chi connectivity index (χ0v) is 12.0. The van der Waals surface area contributed by atoms with Gasteiger partial charge in [0, 0.05) is 39.9 Å². The van der Waals surface area contributed by atoms with Gasteiger partial charge in [0.25, 0.3) is 5.91 Å². The molecule has 1 rings (SSSR count). The Labute approximate surface area is 122 Å². The smallest absolute Gasteiger partial charge is 0.254 e. The third-order valence-corrected chi connectivity index (χ3v) is 2.64. The number of hydrogen-bond donors (Lipinski definition) is 3. The summed E-state index contributed by atoms with van der Waals surface area (Å²) in [6.07, 6.45) is 1.45. The van der Waals surface area contributed by atoms with E-state index in [-0.39, 0.29) is 30.3 Å². The van der Waals surface area contributed by atoms with Crippen LogP contribution in [0.4, 0.5) is 10.2 Å². The van der Waals surface area contributed by atoms with Crippen LogP contribution in [0.15, 0.2) is 12.3 Å². The number of methoxy groups -OCH3 is 1. The van der Waals surface area contributed by atoms with Crippen molar-refractivity contribution in [1.29, 1.82) is 0 Å². The largest absolute Gasteiger partial charge is 0.383 e. The summed E-state index contributed by atoms with van der Waals surface area (Å²) in [6, 6.07) is 1.28. The average molecular weight is 298 g/mol. The van der Waals surface area contributed by atoms with Crippen LogP contribution in [0.3, 0.4) is 0 Å². The highest BCUT2D eigenvalue weighted by Gasteiger charge is 2.15. The summed E-state index contributed by atoms with van der Waals surface area (Å²) in [7, 11) is 3.05. The SMILES string of the molecule is CNc1nccc(C(=O)NCCC(=O)NCCOC)c1F. The fourth-order valence-electron chi connectivity index (χ4n) is 1.56. The minimum atomic E-state index is -0.720. The summed E-state index contributed by atoms with van der Waals surface area (Å²) in [4.78, 5) is 27.0. The van der Waals surface area contributed by atoms with E-state index in [0.29, 0.717) is 13.2 Å². The van der Waals surface area contributed by atoms with Gasteiger partial charge in [-0.15, -0.1) is 0 Å². The number of nitrogens with one attached hydrogen (secondary N) is 3. The van der Waals surface area contributed by atoms with Crippen molar-refractivity contribution >= 4 is 17.6 Å². The number of anilines is 1. The van der Waals surface area contributed by atoms with Crippen molar-refractivity contribution in [2.24, 2.45) is 0 Å². The van der Waals surface area contributed by atoms with Gasteiger partial charge in [-0.05, 0) is 6.07 Å². The first-order valence-corrected chi connectivity index (χ1v) is 6.46. The Bertz CT molecular complexity index is 496. The number of ether oxygens (including phenoxy) is 1. The second-order valence-electron chi connectivity index (χ2n) is 4.12. The van der Waals surface area contributed by atoms with Crippen LogP contribution in [0, 0.1) is 5.82 Å². The summed E-state index contributed by atoms with van der Waals surface area (Å²) in [5.41, 5.74) is -0.117. The molecule has 0 saturated heterocycles. The Hall–Kier alpha value is -2.22. The molecule has 1 aromatic rings. The molecule has 0 bridgehead atoms. The van der Waals surface area contributed by atoms with Gasteiger partial charge in [0.1, 0.15) is 0 Å². The second-order valence-corrected chi connectivity index (χ2v) is 4.12. The number of aromatic nitrogens is 1. The van der Waals surface area contributed by atoms with Crippen LogP contribution >= 0.6 is 0 Å². The van der Waals surface area contributed by atoms with Crippen molar-refractivity contribution in [2.45, 2.75) is 6.42 Å². The molecule has 0 spiro atoms. The summed E-state index contributed by atoms with van der Waals surface area (Å²) in [5, 5.41) is 7.65. The molecule has 0 atom stereocenters. The van der Waals surface area contributed by atoms with Crippen molar-refractivity contribution < 1.29 is 18.7 Å². The first kappa shape index (κ1) is 16.8. The molecule has 0 radical (unpaired) electrons. The predicted octanol–water partition coefficient (Wildman–Crippen LogP) is 0.145. The molecule has 3 N–H and O–H groups in total. The maximum atomic E-state index is 13.8. The van der Waals surface area contributed by atoms with Gasteiger partial charge in [-0.25, -0.2) is 9.37 Å². The van der Waals surface area contributed by atoms with Crippen molar-refractivity contribution in [2.75, 3.05) is 39.2 Å². The lowest BCUT2D eigenvalue weighted by atomic mass is 10.2. The molecule has 0 aliphatic rings. The number of halogens is 1. The number of hydrogen-bond acceptors (Lipinski definition) is 5. The van der Waals surface area contributed by atoms with E-state index in [9.17, 15) is 14.0 Å². The van der Waals surface area contributed by atoms with Crippen LogP contribution in [0.25, 0.3) is 0 Å². The van der Waals surface area contributed by atoms with Crippen LogP contribution < -0.4 is 16.0 Å². The normalized spacial score (nSPS) is 10.0. The van der Waals surface area contributed by atoms with Gasteiger partial charge in [-0.3, -0.25) is 9.59 Å². The van der Waals surface area contributed by atoms with Crippen LogP contribution in [-0.2, 0) is 9.53 Å². The molecular weight excluding hydrogens is 279 g/mol. The molecule has 116 valence electrons. The van der Waals surface area contributed by atoms with E-state index < -0.39 is 11.7 Å². The molecule has 8 heteroatoms. The highest BCUT2D eigenvalue weighted by Crippen LogP contribution is 2.13. The highest BCUT2D eigenvalue weighted by molar-refractivity contribution is 5.95. The average Bonchev–Trinajstić information content (AvgIpc) is 2.47. The fraction of sp³-hybridized carbons (Fsp3) is 0.462. The lowest BCUT2D eigenvalue weighted by Gasteiger charge is -2.08. The molecule has 2 amide bonds. The molecule has 0 aliphatic carbocycles. The zero-order valence-electron chi connectivity index (χ0n) is 12.0. The Morgan fingerprint density at radius 3 is 2.76 bits per heavy atom. The molecule has 7 nitrogen and oxygen atoms in total. The maximum absolute atomic E-state index is 13.8. The summed E-state index contributed by atoms with van der Waals surface area (Å²) in [5.74, 6) is -1.52. The van der Waals surface area contributed by atoms with Crippen molar-refractivity contribution in [3.63, 3.8) is 0 Å². The fourth-order valence-corrected chi connectivity index (χ4v) is 1.56. The van der Waals surface area contributed by atoms with E-state index in [1.54, 1.807) is 0 Å². The van der Waals surface area contributed by atoms with E-state index >= 15 is 0 Å². The highest BCUT2D eigenvalue weighted by atomic mass is 19.1. The topological polar surface area (TPSA) is 92.4 Å². The molecule has 21 heavy (non-hydrogen) atoms. The Morgan fingerprint density at radius 2 is 2.10 bits per heavy atom. The summed E-state index contributed by atoms with van der Waals surface area (Å²) >= 11 is 0. The molecular formula is C13H19FN4O3. The first-order chi connectivity index (χ1) is 10.1. The van der Waals surface area contributed by atoms with Crippen molar-refractivity contribution in [1.82, 2.24) is 15.6 Å². The Kier molecular flexibility index (Phi) is 7.10. The van der Waals surface area contributed by atoms with Crippen molar-refractivity contribution in [3.05, 3.63) is 23.6 Å². The molecule has 0 unspecified atom stereocenters. The van der Waals surface area contributed by atoms with E-state index in [4.69, 9.17) is 4.74 Å². The monoisotopic (exact) mass is 298 g/mol. The van der Waals surface area contributed by atoms with E-state index in [0.717, 1.165) is 0 Å². The van der Waals surface area contributed by atoms with Crippen LogP contribution in [-0.4, -0.2) is 50.7 Å². The molecule has 0 aromatic carbocycles. The Morgan fingerprint density at radius 1 is 1.33 bits per heavy atom. The van der Waals surface area contributed by atoms with Gasteiger partial charge >= 0.3 is 0 Å². The van der Waals surface area contributed by atoms with Gasteiger partial charge in [0.05, 0.1) is 12.2 Å². The minimum absolute atomic E-state index is 0.0000383. The van der Waals surface area contributed by atoms with Crippen LogP contribution in [0.5, 0.6) is 0 Å². The van der Waals surface area contributed by atoms with E-state index in [1.807, 2.05) is 0 Å². The Balaban J connectivity index is 2.42. The lowest BCUT2D eigenvalue weighted by molar-refractivity contribution is -0.121. The van der Waals surface area contributed by atoms with Crippen LogP contribution in [0.1, 0.15) is 16.8 Å². The number of pyridine rings is 1. The van der Waals surface area contributed by atoms with E-state index in [1.165, 1.54) is 26.4 Å². The second kappa shape index (κ2) is 8.85. The van der Waals surface area contributed by atoms with Gasteiger partial charge in [-0.2, -0.15) is 0 Å². The lowest BCUT2D eigenvalue weighted by Crippen LogP contribution is -2.32. The zero-order chi connectivity index (χ0) is 15.7. The maximum Gasteiger partial charge on any atom is 0.254 e. The molecule has 0 fully saturated rings. The van der Waals surface area contributed by atoms with Gasteiger partial charge in [0.15, 0.2) is 11.6 Å². The number of carbonyl (C=O) groups excluding carboxylic acids is 2. The minimum Gasteiger partial charge on any atom is -0.383 e. The number of rotatable bonds is 8. The van der Waals surface area contributed by atoms with Gasteiger partial charge < -0.3 is 20.7 Å².